The van der Waals surface area contributed by atoms with Gasteiger partial charge in [0, 0.05) is 36.0 Å². The van der Waals surface area contributed by atoms with E-state index in [1.807, 2.05) is 11.6 Å². The van der Waals surface area contributed by atoms with E-state index < -0.39 is 0 Å². The molecule has 144 valence electrons. The van der Waals surface area contributed by atoms with Crippen molar-refractivity contribution in [2.75, 3.05) is 18.4 Å². The van der Waals surface area contributed by atoms with Gasteiger partial charge in [0.25, 0.3) is 0 Å². The van der Waals surface area contributed by atoms with Crippen LogP contribution < -0.4 is 10.6 Å². The van der Waals surface area contributed by atoms with Crippen LogP contribution in [0.1, 0.15) is 66.7 Å². The zero-order valence-corrected chi connectivity index (χ0v) is 17.5. The normalized spacial score (nSPS) is 18.2. The van der Waals surface area contributed by atoms with Crippen molar-refractivity contribution in [3.8, 4) is 0 Å². The monoisotopic (exact) mass is 415 g/mol. The van der Waals surface area contributed by atoms with E-state index in [0.29, 0.717) is 5.92 Å². The van der Waals surface area contributed by atoms with Gasteiger partial charge in [-0.25, -0.2) is 15.0 Å². The van der Waals surface area contributed by atoms with Gasteiger partial charge in [0.05, 0.1) is 11.7 Å². The number of thiazole rings is 1. The molecule has 0 bridgehead atoms. The molecule has 1 aliphatic heterocycles. The number of anilines is 1. The minimum Gasteiger partial charge on any atom is -0.361 e. The third kappa shape index (κ3) is 4.66. The van der Waals surface area contributed by atoms with E-state index in [-0.39, 0.29) is 30.9 Å². The molecule has 4 rings (SSSR count). The lowest BCUT2D eigenvalue weighted by atomic mass is 10.0. The third-order valence-electron chi connectivity index (χ3n) is 5.10. The van der Waals surface area contributed by atoms with Gasteiger partial charge in [0.15, 0.2) is 0 Å². The van der Waals surface area contributed by atoms with Crippen LogP contribution in [0.4, 0.5) is 5.82 Å². The number of fused-ring (bicyclic) bond motifs is 1. The van der Waals surface area contributed by atoms with Crippen molar-refractivity contribution in [3.63, 3.8) is 0 Å². The zero-order valence-electron chi connectivity index (χ0n) is 15.0. The predicted octanol–water partition coefficient (Wildman–Crippen LogP) is 4.30. The van der Waals surface area contributed by atoms with E-state index in [1.54, 1.807) is 11.3 Å². The third-order valence-corrected chi connectivity index (χ3v) is 6.05. The highest BCUT2D eigenvalue weighted by Gasteiger charge is 2.24. The maximum atomic E-state index is 4.99. The molecule has 0 aromatic carbocycles. The van der Waals surface area contributed by atoms with Crippen LogP contribution in [0.2, 0.25) is 0 Å². The quantitative estimate of drug-likeness (QED) is 0.779. The lowest BCUT2D eigenvalue weighted by molar-refractivity contribution is 0.656. The topological polar surface area (TPSA) is 62.7 Å². The number of halogens is 2. The molecule has 1 saturated carbocycles. The van der Waals surface area contributed by atoms with Gasteiger partial charge in [0.2, 0.25) is 0 Å². The molecule has 2 aromatic rings. The van der Waals surface area contributed by atoms with Crippen molar-refractivity contribution in [1.29, 1.82) is 0 Å². The highest BCUT2D eigenvalue weighted by Crippen LogP contribution is 2.34. The second kappa shape index (κ2) is 9.83. The summed E-state index contributed by atoms with van der Waals surface area (Å²) >= 11 is 1.69. The first-order valence-corrected chi connectivity index (χ1v) is 9.95. The van der Waals surface area contributed by atoms with E-state index in [2.05, 4.69) is 22.5 Å². The summed E-state index contributed by atoms with van der Waals surface area (Å²) in [5.74, 6) is 2.64. The minimum atomic E-state index is 0. The summed E-state index contributed by atoms with van der Waals surface area (Å²) in [6.45, 7) is 4.17. The highest BCUT2D eigenvalue weighted by atomic mass is 35.5. The Hall–Kier alpha value is -0.950. The second-order valence-electron chi connectivity index (χ2n) is 6.82. The molecule has 1 unspecified atom stereocenters. The Bertz CT molecular complexity index is 689. The van der Waals surface area contributed by atoms with Crippen LogP contribution in [0.15, 0.2) is 11.6 Å². The molecule has 2 N–H and O–H groups in total. The van der Waals surface area contributed by atoms with Crippen molar-refractivity contribution in [2.45, 2.75) is 57.4 Å². The van der Waals surface area contributed by atoms with E-state index >= 15 is 0 Å². The SMILES string of the molecule is CC(Nc1nc(C2CCCC2)nc2c1CCNCC2)c1nccs1.Cl.Cl. The molecule has 0 amide bonds. The van der Waals surface area contributed by atoms with Crippen LogP contribution in [-0.4, -0.2) is 28.0 Å². The molecule has 1 atom stereocenters. The molecular formula is C18H27Cl2N5S. The van der Waals surface area contributed by atoms with Gasteiger partial charge in [-0.05, 0) is 32.7 Å². The van der Waals surface area contributed by atoms with Crippen LogP contribution in [0.25, 0.3) is 0 Å². The van der Waals surface area contributed by atoms with Crippen LogP contribution in [0.5, 0.6) is 0 Å². The fourth-order valence-electron chi connectivity index (χ4n) is 3.77. The van der Waals surface area contributed by atoms with Gasteiger partial charge in [0.1, 0.15) is 16.6 Å². The number of nitrogens with one attached hydrogen (secondary N) is 2. The summed E-state index contributed by atoms with van der Waals surface area (Å²) in [4.78, 5) is 14.4. The summed E-state index contributed by atoms with van der Waals surface area (Å²) in [5, 5.41) is 10.3. The van der Waals surface area contributed by atoms with E-state index in [4.69, 9.17) is 9.97 Å². The smallest absolute Gasteiger partial charge is 0.134 e. The Balaban J connectivity index is 0.00000121. The van der Waals surface area contributed by atoms with Crippen LogP contribution in [-0.2, 0) is 12.8 Å². The predicted molar refractivity (Wildman–Crippen MR) is 112 cm³/mol. The molecule has 0 radical (unpaired) electrons. The van der Waals surface area contributed by atoms with Crippen LogP contribution in [0, 0.1) is 0 Å². The lowest BCUT2D eigenvalue weighted by Gasteiger charge is -2.19. The van der Waals surface area contributed by atoms with Gasteiger partial charge < -0.3 is 10.6 Å². The standard InChI is InChI=1S/C18H25N5S.2ClH/c1-12(18-20-10-11-24-18)21-17-14-6-8-19-9-7-15(14)22-16(23-17)13-4-2-3-5-13;;/h10-13,19H,2-9H2,1H3,(H,21,22,23);2*1H. The molecule has 26 heavy (non-hydrogen) atoms. The largest absolute Gasteiger partial charge is 0.361 e. The molecule has 2 aliphatic rings. The Labute approximate surface area is 171 Å². The van der Waals surface area contributed by atoms with Crippen LogP contribution >= 0.6 is 36.2 Å². The first-order chi connectivity index (χ1) is 11.8. The number of aromatic nitrogens is 3. The maximum absolute atomic E-state index is 4.99. The van der Waals surface area contributed by atoms with Crippen molar-refractivity contribution >= 4 is 42.0 Å². The Morgan fingerprint density at radius 3 is 2.65 bits per heavy atom. The number of nitrogens with zero attached hydrogens (tertiary/aromatic N) is 3. The zero-order chi connectivity index (χ0) is 16.4. The first-order valence-electron chi connectivity index (χ1n) is 9.07. The summed E-state index contributed by atoms with van der Waals surface area (Å²) in [6.07, 6.45) is 8.95. The molecule has 1 fully saturated rings. The highest BCUT2D eigenvalue weighted by molar-refractivity contribution is 7.09. The van der Waals surface area contributed by atoms with Crippen molar-refractivity contribution in [3.05, 3.63) is 33.7 Å². The summed E-state index contributed by atoms with van der Waals surface area (Å²) in [5.41, 5.74) is 2.54. The number of hydrogen-bond acceptors (Lipinski definition) is 6. The van der Waals surface area contributed by atoms with Gasteiger partial charge in [-0.3, -0.25) is 0 Å². The molecule has 1 aliphatic carbocycles. The van der Waals surface area contributed by atoms with Crippen molar-refractivity contribution < 1.29 is 0 Å². The average molecular weight is 416 g/mol. The first kappa shape index (κ1) is 21.4. The Kier molecular flexibility index (Phi) is 8.07. The van der Waals surface area contributed by atoms with Crippen molar-refractivity contribution in [1.82, 2.24) is 20.3 Å². The summed E-state index contributed by atoms with van der Waals surface area (Å²) in [6, 6.07) is 0.177. The lowest BCUT2D eigenvalue weighted by Crippen LogP contribution is -2.16. The van der Waals surface area contributed by atoms with E-state index in [0.717, 1.165) is 42.6 Å². The van der Waals surface area contributed by atoms with Gasteiger partial charge in [-0.1, -0.05) is 12.8 Å². The van der Waals surface area contributed by atoms with Crippen LogP contribution in [0.3, 0.4) is 0 Å². The van der Waals surface area contributed by atoms with E-state index in [9.17, 15) is 0 Å². The van der Waals surface area contributed by atoms with Gasteiger partial charge in [-0.15, -0.1) is 36.2 Å². The second-order valence-corrected chi connectivity index (χ2v) is 7.75. The molecule has 8 heteroatoms. The molecule has 0 saturated heterocycles. The van der Waals surface area contributed by atoms with Crippen molar-refractivity contribution in [2.24, 2.45) is 0 Å². The summed E-state index contributed by atoms with van der Waals surface area (Å²) < 4.78 is 0. The molecular weight excluding hydrogens is 389 g/mol. The Morgan fingerprint density at radius 1 is 1.15 bits per heavy atom. The number of rotatable bonds is 4. The number of hydrogen-bond donors (Lipinski definition) is 2. The molecule has 0 spiro atoms. The Morgan fingerprint density at radius 2 is 1.92 bits per heavy atom. The molecule has 3 heterocycles. The fourth-order valence-corrected chi connectivity index (χ4v) is 4.41. The van der Waals surface area contributed by atoms with E-state index in [1.165, 1.54) is 36.9 Å². The molecule has 5 nitrogen and oxygen atoms in total. The average Bonchev–Trinajstić information content (AvgIpc) is 3.25. The summed E-state index contributed by atoms with van der Waals surface area (Å²) in [7, 11) is 0. The fraction of sp³-hybridized carbons (Fsp3) is 0.611. The van der Waals surface area contributed by atoms with Gasteiger partial charge >= 0.3 is 0 Å². The minimum absolute atomic E-state index is 0. The maximum Gasteiger partial charge on any atom is 0.134 e. The molecule has 2 aromatic heterocycles. The van der Waals surface area contributed by atoms with Gasteiger partial charge in [-0.2, -0.15) is 0 Å².